The Bertz CT molecular complexity index is 1440. The van der Waals surface area contributed by atoms with Crippen LogP contribution in [0.1, 0.15) is 28.4 Å². The molecule has 1 fully saturated rings. The molecule has 0 saturated carbocycles. The maximum Gasteiger partial charge on any atom is 0.293 e. The van der Waals surface area contributed by atoms with Crippen LogP contribution in [0.25, 0.3) is 0 Å². The number of nitro groups is 1. The highest BCUT2D eigenvalue weighted by Crippen LogP contribution is 2.41. The summed E-state index contributed by atoms with van der Waals surface area (Å²) in [6.45, 7) is 1.73. The third-order valence-corrected chi connectivity index (χ3v) is 7.18. The normalized spacial score (nSPS) is 17.8. The monoisotopic (exact) mass is 520 g/mol. The summed E-state index contributed by atoms with van der Waals surface area (Å²) >= 11 is 0. The molecule has 38 heavy (non-hydrogen) atoms. The van der Waals surface area contributed by atoms with Crippen molar-refractivity contribution >= 4 is 23.0 Å². The molecule has 5 rings (SSSR count). The van der Waals surface area contributed by atoms with Gasteiger partial charge in [0.05, 0.1) is 26.3 Å². The average molecular weight is 521 g/mol. The highest BCUT2D eigenvalue weighted by Gasteiger charge is 2.36. The number of ether oxygens (including phenoxy) is 3. The van der Waals surface area contributed by atoms with Gasteiger partial charge in [0.1, 0.15) is 5.69 Å². The number of fused-ring (bicyclic) bond motifs is 4. The third-order valence-electron chi connectivity index (χ3n) is 7.18. The predicted octanol–water partition coefficient (Wildman–Crippen LogP) is 3.66. The van der Waals surface area contributed by atoms with Gasteiger partial charge in [0, 0.05) is 66.8 Å². The third kappa shape index (κ3) is 4.51. The van der Waals surface area contributed by atoms with Gasteiger partial charge in [-0.1, -0.05) is 6.07 Å². The van der Waals surface area contributed by atoms with Crippen molar-refractivity contribution < 1.29 is 23.9 Å². The average Bonchev–Trinajstić information content (AvgIpc) is 2.92. The van der Waals surface area contributed by atoms with Crippen molar-refractivity contribution in [3.63, 3.8) is 0 Å². The zero-order valence-electron chi connectivity index (χ0n) is 21.3. The second-order valence-electron chi connectivity index (χ2n) is 9.43. The smallest absolute Gasteiger partial charge is 0.293 e. The Morgan fingerprint density at radius 3 is 2.39 bits per heavy atom. The number of pyridine rings is 1. The number of carbonyl (C=O) groups excluding carboxylic acids is 1. The van der Waals surface area contributed by atoms with E-state index in [4.69, 9.17) is 14.2 Å². The van der Waals surface area contributed by atoms with Crippen LogP contribution in [0.2, 0.25) is 0 Å². The van der Waals surface area contributed by atoms with Crippen LogP contribution in [0.4, 0.5) is 17.1 Å². The molecular weight excluding hydrogens is 492 g/mol. The molecule has 11 nitrogen and oxygen atoms in total. The first kappa shape index (κ1) is 25.1. The quantitative estimate of drug-likeness (QED) is 0.370. The van der Waals surface area contributed by atoms with Crippen LogP contribution in [-0.4, -0.2) is 49.8 Å². The van der Waals surface area contributed by atoms with E-state index in [0.29, 0.717) is 48.3 Å². The summed E-state index contributed by atoms with van der Waals surface area (Å²) < 4.78 is 17.8. The number of anilines is 2. The lowest BCUT2D eigenvalue weighted by Gasteiger charge is -2.43. The van der Waals surface area contributed by atoms with Gasteiger partial charge in [-0.15, -0.1) is 0 Å². The van der Waals surface area contributed by atoms with E-state index in [9.17, 15) is 19.7 Å². The highest BCUT2D eigenvalue weighted by molar-refractivity contribution is 6.05. The van der Waals surface area contributed by atoms with Gasteiger partial charge < -0.3 is 29.0 Å². The number of nitrogens with zero attached hydrogens (tertiary/aromatic N) is 3. The van der Waals surface area contributed by atoms with Crippen molar-refractivity contribution in [3.8, 4) is 17.2 Å². The van der Waals surface area contributed by atoms with E-state index in [2.05, 4.69) is 5.32 Å². The number of hydrogen-bond acceptors (Lipinski definition) is 8. The summed E-state index contributed by atoms with van der Waals surface area (Å²) in [4.78, 5) is 39.0. The summed E-state index contributed by atoms with van der Waals surface area (Å²) in [7, 11) is 4.42. The maximum absolute atomic E-state index is 13.1. The lowest BCUT2D eigenvalue weighted by molar-refractivity contribution is -0.384. The summed E-state index contributed by atoms with van der Waals surface area (Å²) in [5, 5.41) is 14.8. The van der Waals surface area contributed by atoms with Gasteiger partial charge in [-0.05, 0) is 30.5 Å². The second kappa shape index (κ2) is 10.1. The number of piperidine rings is 1. The molecule has 0 spiro atoms. The Kier molecular flexibility index (Phi) is 6.66. The van der Waals surface area contributed by atoms with Crippen LogP contribution >= 0.6 is 0 Å². The van der Waals surface area contributed by atoms with E-state index in [1.807, 2.05) is 15.5 Å². The largest absolute Gasteiger partial charge is 0.493 e. The molecule has 3 heterocycles. The topological polar surface area (TPSA) is 125 Å². The minimum atomic E-state index is -0.516. The Balaban J connectivity index is 1.41. The molecule has 2 atom stereocenters. The van der Waals surface area contributed by atoms with Gasteiger partial charge in [0.15, 0.2) is 11.5 Å². The standard InChI is InChI=1S/C27H28N4O7/c1-36-23-11-19(12-24(37-2)26(23)38-3)28-27(33)17-7-8-21(22(10-17)31(34)35)29-13-16-9-18(15-29)20-5-4-6-25(32)30(20)14-16/h4-8,10-12,16,18H,9,13-15H2,1-3H3,(H,28,33). The van der Waals surface area contributed by atoms with Gasteiger partial charge in [0.2, 0.25) is 5.75 Å². The molecule has 1 amide bonds. The van der Waals surface area contributed by atoms with Crippen molar-refractivity contribution in [1.82, 2.24) is 4.57 Å². The molecule has 3 aromatic rings. The molecule has 0 aliphatic carbocycles. The maximum atomic E-state index is 13.1. The first-order valence-corrected chi connectivity index (χ1v) is 12.2. The number of aromatic nitrogens is 1. The number of rotatable bonds is 7. The number of carbonyl (C=O) groups is 1. The van der Waals surface area contributed by atoms with Gasteiger partial charge in [-0.2, -0.15) is 0 Å². The van der Waals surface area contributed by atoms with Gasteiger partial charge in [0.25, 0.3) is 17.2 Å². The molecular formula is C27H28N4O7. The number of nitro benzene ring substituents is 1. The Labute approximate surface area is 218 Å². The lowest BCUT2D eigenvalue weighted by Crippen LogP contribution is -2.47. The van der Waals surface area contributed by atoms with Crippen LogP contribution in [0, 0.1) is 16.0 Å². The SMILES string of the molecule is COc1cc(NC(=O)c2ccc(N3CC4CC(C3)c3cccc(=O)n3C4)c([N+](=O)[O-])c2)cc(OC)c1OC. The molecule has 1 aromatic heterocycles. The zero-order valence-corrected chi connectivity index (χ0v) is 21.3. The minimum Gasteiger partial charge on any atom is -0.493 e. The summed E-state index contributed by atoms with van der Waals surface area (Å²) in [5.41, 5.74) is 1.78. The van der Waals surface area contributed by atoms with Crippen molar-refractivity contribution in [3.05, 3.63) is 80.3 Å². The van der Waals surface area contributed by atoms with E-state index in [1.165, 1.54) is 27.4 Å². The highest BCUT2D eigenvalue weighted by atomic mass is 16.6. The van der Waals surface area contributed by atoms with Crippen LogP contribution in [0.3, 0.4) is 0 Å². The molecule has 2 aliphatic rings. The van der Waals surface area contributed by atoms with Crippen molar-refractivity contribution in [2.45, 2.75) is 18.9 Å². The molecule has 1 saturated heterocycles. The molecule has 2 aromatic carbocycles. The molecule has 1 N–H and O–H groups in total. The Hall–Kier alpha value is -4.54. The van der Waals surface area contributed by atoms with Gasteiger partial charge in [-0.25, -0.2) is 0 Å². The van der Waals surface area contributed by atoms with E-state index >= 15 is 0 Å². The fraction of sp³-hybridized carbons (Fsp3) is 0.333. The lowest BCUT2D eigenvalue weighted by atomic mass is 9.83. The van der Waals surface area contributed by atoms with E-state index in [-0.39, 0.29) is 28.6 Å². The molecule has 198 valence electrons. The Morgan fingerprint density at radius 2 is 1.74 bits per heavy atom. The Morgan fingerprint density at radius 1 is 1.00 bits per heavy atom. The van der Waals surface area contributed by atoms with Crippen molar-refractivity contribution in [2.75, 3.05) is 44.6 Å². The fourth-order valence-corrected chi connectivity index (χ4v) is 5.53. The molecule has 11 heteroatoms. The van der Waals surface area contributed by atoms with Crippen LogP contribution in [0.5, 0.6) is 17.2 Å². The first-order valence-electron chi connectivity index (χ1n) is 12.2. The number of amides is 1. The van der Waals surface area contributed by atoms with Gasteiger partial charge in [-0.3, -0.25) is 19.7 Å². The van der Waals surface area contributed by atoms with E-state index in [0.717, 1.165) is 12.1 Å². The van der Waals surface area contributed by atoms with Crippen LogP contribution in [0.15, 0.2) is 53.3 Å². The molecule has 0 radical (unpaired) electrons. The zero-order chi connectivity index (χ0) is 27.0. The number of methoxy groups -OCH3 is 3. The van der Waals surface area contributed by atoms with Crippen LogP contribution < -0.4 is 30.0 Å². The van der Waals surface area contributed by atoms with Gasteiger partial charge >= 0.3 is 0 Å². The number of benzene rings is 2. The van der Waals surface area contributed by atoms with Crippen LogP contribution in [-0.2, 0) is 6.54 Å². The fourth-order valence-electron chi connectivity index (χ4n) is 5.53. The van der Waals surface area contributed by atoms with E-state index in [1.54, 1.807) is 36.4 Å². The van der Waals surface area contributed by atoms with Crippen molar-refractivity contribution in [1.29, 1.82) is 0 Å². The predicted molar refractivity (Wildman–Crippen MR) is 141 cm³/mol. The van der Waals surface area contributed by atoms with Crippen molar-refractivity contribution in [2.24, 2.45) is 5.92 Å². The summed E-state index contributed by atoms with van der Waals surface area (Å²) in [6, 6.07) is 12.9. The summed E-state index contributed by atoms with van der Waals surface area (Å²) in [6.07, 6.45) is 0.934. The minimum absolute atomic E-state index is 0.0147. The first-order chi connectivity index (χ1) is 18.3. The number of hydrogen-bond donors (Lipinski definition) is 1. The molecule has 2 aliphatic heterocycles. The number of nitrogens with one attached hydrogen (secondary N) is 1. The molecule has 2 unspecified atom stereocenters. The summed E-state index contributed by atoms with van der Waals surface area (Å²) in [5.74, 6) is 0.887. The van der Waals surface area contributed by atoms with E-state index < -0.39 is 10.8 Å². The molecule has 2 bridgehead atoms. The second-order valence-corrected chi connectivity index (χ2v) is 9.43.